The summed E-state index contributed by atoms with van der Waals surface area (Å²) in [4.78, 5) is 43.9. The lowest BCUT2D eigenvalue weighted by atomic mass is 9.90. The van der Waals surface area contributed by atoms with Crippen LogP contribution < -0.4 is 10.6 Å². The number of aromatic hydroxyl groups is 1. The monoisotopic (exact) mass is 633 g/mol. The molecule has 0 spiro atoms. The van der Waals surface area contributed by atoms with Crippen LogP contribution in [0.3, 0.4) is 0 Å². The van der Waals surface area contributed by atoms with Crippen molar-refractivity contribution in [3.63, 3.8) is 0 Å². The van der Waals surface area contributed by atoms with Gasteiger partial charge in [0.15, 0.2) is 0 Å². The van der Waals surface area contributed by atoms with Crippen molar-refractivity contribution in [2.75, 3.05) is 5.32 Å². The smallest absolute Gasteiger partial charge is 0.408 e. The Morgan fingerprint density at radius 1 is 1.02 bits per heavy atom. The SMILES string of the molecule is C=Cc1cccc(C(C(=O)Nc2c(C)cccc2Cl)N(C(=O)C(Cc2ccc(O)cc2)NC(=O)OC(C)(C)C)C(C)(C)CC)c1. The average Bonchev–Trinajstić information content (AvgIpc) is 2.97. The number of ether oxygens (including phenoxy) is 1. The highest BCUT2D eigenvalue weighted by atomic mass is 35.5. The van der Waals surface area contributed by atoms with Gasteiger partial charge < -0.3 is 25.4 Å². The highest BCUT2D eigenvalue weighted by Gasteiger charge is 2.43. The number of phenolic OH excluding ortho intramolecular Hbond substituents is 1. The third-order valence-electron chi connectivity index (χ3n) is 7.56. The Bertz CT molecular complexity index is 1510. The number of alkyl carbamates (subject to hydrolysis) is 1. The van der Waals surface area contributed by atoms with Crippen LogP contribution >= 0.6 is 11.6 Å². The molecule has 0 aromatic heterocycles. The van der Waals surface area contributed by atoms with Gasteiger partial charge in [-0.2, -0.15) is 0 Å². The Hall–Kier alpha value is -4.30. The van der Waals surface area contributed by atoms with E-state index >= 15 is 0 Å². The zero-order valence-electron chi connectivity index (χ0n) is 27.1. The van der Waals surface area contributed by atoms with Crippen LogP contribution in [0, 0.1) is 6.92 Å². The number of carbonyl (C=O) groups excluding carboxylic acids is 3. The Morgan fingerprint density at radius 3 is 2.24 bits per heavy atom. The van der Waals surface area contributed by atoms with Gasteiger partial charge in [-0.3, -0.25) is 9.59 Å². The summed E-state index contributed by atoms with van der Waals surface area (Å²) in [5, 5.41) is 16.0. The molecule has 9 heteroatoms. The number of hydrogen-bond donors (Lipinski definition) is 3. The molecule has 3 aromatic carbocycles. The lowest BCUT2D eigenvalue weighted by molar-refractivity contribution is -0.147. The average molecular weight is 634 g/mol. The van der Waals surface area contributed by atoms with Crippen LogP contribution in [0.4, 0.5) is 10.5 Å². The van der Waals surface area contributed by atoms with E-state index in [9.17, 15) is 19.5 Å². The molecule has 45 heavy (non-hydrogen) atoms. The van der Waals surface area contributed by atoms with Crippen molar-refractivity contribution in [1.29, 1.82) is 0 Å². The summed E-state index contributed by atoms with van der Waals surface area (Å²) in [6.45, 7) is 16.6. The van der Waals surface area contributed by atoms with Crippen molar-refractivity contribution in [3.05, 3.63) is 101 Å². The van der Waals surface area contributed by atoms with Gasteiger partial charge in [-0.25, -0.2) is 4.79 Å². The molecule has 0 aliphatic carbocycles. The number of amides is 3. The number of nitrogens with one attached hydrogen (secondary N) is 2. The fourth-order valence-electron chi connectivity index (χ4n) is 4.89. The molecule has 0 radical (unpaired) electrons. The topological polar surface area (TPSA) is 108 Å². The van der Waals surface area contributed by atoms with E-state index in [0.29, 0.717) is 28.3 Å². The van der Waals surface area contributed by atoms with Gasteiger partial charge in [-0.15, -0.1) is 0 Å². The summed E-state index contributed by atoms with van der Waals surface area (Å²) >= 11 is 6.51. The predicted octanol–water partition coefficient (Wildman–Crippen LogP) is 7.83. The highest BCUT2D eigenvalue weighted by Crippen LogP contribution is 2.35. The van der Waals surface area contributed by atoms with Crippen molar-refractivity contribution in [2.24, 2.45) is 0 Å². The number of rotatable bonds is 11. The Kier molecular flexibility index (Phi) is 11.5. The van der Waals surface area contributed by atoms with Crippen LogP contribution in [0.5, 0.6) is 5.75 Å². The fraction of sp³-hybridized carbons (Fsp3) is 0.361. The summed E-state index contributed by atoms with van der Waals surface area (Å²) in [5.41, 5.74) is 1.57. The minimum absolute atomic E-state index is 0.0733. The van der Waals surface area contributed by atoms with Crippen molar-refractivity contribution in [3.8, 4) is 5.75 Å². The van der Waals surface area contributed by atoms with Gasteiger partial charge in [0.25, 0.3) is 5.91 Å². The Morgan fingerprint density at radius 2 is 1.67 bits per heavy atom. The predicted molar refractivity (Wildman–Crippen MR) is 180 cm³/mol. The lowest BCUT2D eigenvalue weighted by Gasteiger charge is -2.44. The summed E-state index contributed by atoms with van der Waals surface area (Å²) in [6.07, 6.45) is 1.48. The Labute approximate surface area is 271 Å². The first kappa shape index (κ1) is 35.2. The first-order valence-electron chi connectivity index (χ1n) is 14.9. The summed E-state index contributed by atoms with van der Waals surface area (Å²) in [5.74, 6) is -0.882. The van der Waals surface area contributed by atoms with E-state index in [4.69, 9.17) is 16.3 Å². The highest BCUT2D eigenvalue weighted by molar-refractivity contribution is 6.34. The fourth-order valence-corrected chi connectivity index (χ4v) is 5.16. The summed E-state index contributed by atoms with van der Waals surface area (Å²) in [6, 6.07) is 16.8. The van der Waals surface area contributed by atoms with E-state index in [0.717, 1.165) is 11.1 Å². The molecule has 0 saturated heterocycles. The molecule has 0 heterocycles. The molecule has 2 atom stereocenters. The third-order valence-corrected chi connectivity index (χ3v) is 7.87. The minimum atomic E-state index is -1.12. The molecule has 3 amide bonds. The second kappa shape index (κ2) is 14.7. The van der Waals surface area contributed by atoms with Gasteiger partial charge in [0.05, 0.1) is 10.7 Å². The van der Waals surface area contributed by atoms with Crippen molar-refractivity contribution >= 4 is 41.3 Å². The van der Waals surface area contributed by atoms with Crippen LogP contribution in [-0.2, 0) is 20.7 Å². The van der Waals surface area contributed by atoms with E-state index in [1.165, 1.54) is 12.1 Å². The van der Waals surface area contributed by atoms with E-state index in [1.807, 2.05) is 52.0 Å². The quantitative estimate of drug-likeness (QED) is 0.199. The third kappa shape index (κ3) is 9.35. The van der Waals surface area contributed by atoms with E-state index in [1.54, 1.807) is 62.1 Å². The molecule has 3 rings (SSSR count). The molecular formula is C36H44ClN3O5. The summed E-state index contributed by atoms with van der Waals surface area (Å²) in [7, 11) is 0. The molecule has 3 aromatic rings. The first-order chi connectivity index (χ1) is 21.1. The number of anilines is 1. The van der Waals surface area contributed by atoms with Gasteiger partial charge in [0.1, 0.15) is 23.4 Å². The van der Waals surface area contributed by atoms with Gasteiger partial charge >= 0.3 is 6.09 Å². The van der Waals surface area contributed by atoms with Crippen molar-refractivity contribution in [2.45, 2.75) is 84.5 Å². The molecule has 0 saturated carbocycles. The standard InChI is InChI=1S/C36H44ClN3O5/c1-9-24-14-12-15-26(21-24)31(32(42)39-30-23(3)13-11-16-28(30)37)40(36(7,8)10-2)33(43)29(38-34(44)45-35(4,5)6)22-25-17-19-27(41)20-18-25/h9,11-21,29,31,41H,1,10,22H2,2-8H3,(H,38,44)(H,39,42). The summed E-state index contributed by atoms with van der Waals surface area (Å²) < 4.78 is 5.53. The zero-order valence-corrected chi connectivity index (χ0v) is 27.9. The van der Waals surface area contributed by atoms with Gasteiger partial charge in [0, 0.05) is 12.0 Å². The molecule has 0 bridgehead atoms. The second-order valence-electron chi connectivity index (χ2n) is 12.6. The van der Waals surface area contributed by atoms with Crippen LogP contribution in [0.15, 0.2) is 73.3 Å². The molecular weight excluding hydrogens is 590 g/mol. The van der Waals surface area contributed by atoms with Crippen molar-refractivity contribution < 1.29 is 24.2 Å². The van der Waals surface area contributed by atoms with E-state index in [2.05, 4.69) is 17.2 Å². The van der Waals surface area contributed by atoms with Crippen LogP contribution in [0.1, 0.15) is 76.3 Å². The van der Waals surface area contributed by atoms with Gasteiger partial charge in [-0.05, 0) is 94.5 Å². The molecule has 0 aliphatic rings. The second-order valence-corrected chi connectivity index (χ2v) is 13.0. The maximum absolute atomic E-state index is 14.9. The number of aryl methyl sites for hydroxylation is 1. The van der Waals surface area contributed by atoms with Gasteiger partial charge in [0.2, 0.25) is 5.91 Å². The van der Waals surface area contributed by atoms with E-state index in [-0.39, 0.29) is 12.2 Å². The molecule has 3 N–H and O–H groups in total. The van der Waals surface area contributed by atoms with Crippen molar-refractivity contribution in [1.82, 2.24) is 10.2 Å². The molecule has 8 nitrogen and oxygen atoms in total. The van der Waals surface area contributed by atoms with Crippen LogP contribution in [-0.4, -0.2) is 45.1 Å². The maximum Gasteiger partial charge on any atom is 0.408 e. The maximum atomic E-state index is 14.9. The molecule has 240 valence electrons. The molecule has 0 aliphatic heterocycles. The molecule has 2 unspecified atom stereocenters. The lowest BCUT2D eigenvalue weighted by Crippen LogP contribution is -2.59. The normalized spacial score (nSPS) is 12.9. The number of para-hydroxylation sites is 1. The van der Waals surface area contributed by atoms with E-state index < -0.39 is 41.1 Å². The molecule has 0 fully saturated rings. The number of phenols is 1. The zero-order chi connectivity index (χ0) is 33.5. The van der Waals surface area contributed by atoms with Crippen LogP contribution in [0.2, 0.25) is 5.02 Å². The number of hydrogen-bond acceptors (Lipinski definition) is 5. The number of halogens is 1. The Balaban J connectivity index is 2.20. The largest absolute Gasteiger partial charge is 0.508 e. The van der Waals surface area contributed by atoms with Crippen LogP contribution in [0.25, 0.3) is 6.08 Å². The van der Waals surface area contributed by atoms with Gasteiger partial charge in [-0.1, -0.05) is 73.6 Å². The number of carbonyl (C=O) groups is 3. The minimum Gasteiger partial charge on any atom is -0.508 e. The number of benzene rings is 3. The first-order valence-corrected chi connectivity index (χ1v) is 15.3. The number of nitrogens with zero attached hydrogens (tertiary/aromatic N) is 1.